The van der Waals surface area contributed by atoms with Crippen molar-refractivity contribution in [2.45, 2.75) is 26.2 Å². The molecule has 2 aliphatic rings. The van der Waals surface area contributed by atoms with Crippen LogP contribution >= 0.6 is 11.3 Å². The first kappa shape index (κ1) is 14.6. The molecule has 1 aliphatic heterocycles. The standard InChI is InChI=1S/C18H19NO3S/c1-11-2-5-16-12(8-11)9-17(23-16)18(20)19-13-3-4-14-15(10-13)22-7-6-21-14/h3-4,9-11H,2,5-8H2,1H3,(H,19,20)/t11-/m1/s1. The molecule has 1 aromatic carbocycles. The van der Waals surface area contributed by atoms with Gasteiger partial charge in [-0.2, -0.15) is 0 Å². The molecule has 0 unspecified atom stereocenters. The number of carbonyl (C=O) groups is 1. The summed E-state index contributed by atoms with van der Waals surface area (Å²) in [6, 6.07) is 7.57. The Bertz CT molecular complexity index is 753. The number of aryl methyl sites for hydroxylation is 1. The maximum atomic E-state index is 12.5. The van der Waals surface area contributed by atoms with Gasteiger partial charge in [-0.15, -0.1) is 11.3 Å². The Morgan fingerprint density at radius 3 is 2.91 bits per heavy atom. The number of thiophene rings is 1. The summed E-state index contributed by atoms with van der Waals surface area (Å²) in [4.78, 5) is 14.7. The number of anilines is 1. The van der Waals surface area contributed by atoms with Crippen LogP contribution in [0.4, 0.5) is 5.69 Å². The van der Waals surface area contributed by atoms with E-state index in [-0.39, 0.29) is 5.91 Å². The average molecular weight is 329 g/mol. The van der Waals surface area contributed by atoms with Gasteiger partial charge in [0.2, 0.25) is 0 Å². The Hall–Kier alpha value is -2.01. The van der Waals surface area contributed by atoms with Gasteiger partial charge in [-0.05, 0) is 48.9 Å². The van der Waals surface area contributed by atoms with Crippen LogP contribution in [0.2, 0.25) is 0 Å². The van der Waals surface area contributed by atoms with Crippen LogP contribution in [0.5, 0.6) is 11.5 Å². The Morgan fingerprint density at radius 2 is 2.04 bits per heavy atom. The molecule has 23 heavy (non-hydrogen) atoms. The molecule has 1 aliphatic carbocycles. The van der Waals surface area contributed by atoms with Crippen LogP contribution in [0.3, 0.4) is 0 Å². The fourth-order valence-electron chi connectivity index (χ4n) is 3.13. The highest BCUT2D eigenvalue weighted by Crippen LogP contribution is 2.34. The Morgan fingerprint density at radius 1 is 1.22 bits per heavy atom. The first-order valence-corrected chi connectivity index (χ1v) is 8.83. The Balaban J connectivity index is 1.52. The molecule has 4 rings (SSSR count). The predicted molar refractivity (Wildman–Crippen MR) is 90.9 cm³/mol. The highest BCUT2D eigenvalue weighted by Gasteiger charge is 2.21. The number of benzene rings is 1. The van der Waals surface area contributed by atoms with E-state index < -0.39 is 0 Å². The minimum absolute atomic E-state index is 0.0475. The van der Waals surface area contributed by atoms with Crippen molar-refractivity contribution < 1.29 is 14.3 Å². The normalized spacial score (nSPS) is 19.1. The maximum Gasteiger partial charge on any atom is 0.265 e. The topological polar surface area (TPSA) is 47.6 Å². The molecule has 0 radical (unpaired) electrons. The molecule has 0 saturated carbocycles. The molecular weight excluding hydrogens is 310 g/mol. The number of amides is 1. The SMILES string of the molecule is C[C@@H]1CCc2sc(C(=O)Nc3ccc4c(c3)OCCO4)cc2C1. The van der Waals surface area contributed by atoms with E-state index in [0.29, 0.717) is 24.9 Å². The van der Waals surface area contributed by atoms with Gasteiger partial charge in [-0.1, -0.05) is 6.92 Å². The first-order chi connectivity index (χ1) is 11.2. The van der Waals surface area contributed by atoms with E-state index in [1.807, 2.05) is 18.2 Å². The van der Waals surface area contributed by atoms with Crippen LogP contribution in [0.15, 0.2) is 24.3 Å². The molecule has 1 N–H and O–H groups in total. The molecular formula is C18H19NO3S. The largest absolute Gasteiger partial charge is 0.486 e. The van der Waals surface area contributed by atoms with Crippen molar-refractivity contribution in [3.63, 3.8) is 0 Å². The second-order valence-corrected chi connectivity index (χ2v) is 7.36. The predicted octanol–water partition coefficient (Wildman–Crippen LogP) is 3.90. The minimum atomic E-state index is -0.0475. The van der Waals surface area contributed by atoms with Crippen LogP contribution in [0.25, 0.3) is 0 Å². The zero-order valence-electron chi connectivity index (χ0n) is 13.1. The average Bonchev–Trinajstić information content (AvgIpc) is 2.98. The number of nitrogens with one attached hydrogen (secondary N) is 1. The van der Waals surface area contributed by atoms with Gasteiger partial charge in [0.1, 0.15) is 13.2 Å². The van der Waals surface area contributed by atoms with Crippen molar-refractivity contribution in [3.8, 4) is 11.5 Å². The molecule has 1 amide bonds. The quantitative estimate of drug-likeness (QED) is 0.909. The Labute approximate surface area is 139 Å². The summed E-state index contributed by atoms with van der Waals surface area (Å²) in [5.74, 6) is 2.09. The minimum Gasteiger partial charge on any atom is -0.486 e. The molecule has 0 spiro atoms. The lowest BCUT2D eigenvalue weighted by molar-refractivity contribution is 0.103. The van der Waals surface area contributed by atoms with Crippen molar-refractivity contribution >= 4 is 22.9 Å². The van der Waals surface area contributed by atoms with E-state index in [2.05, 4.69) is 18.3 Å². The fraction of sp³-hybridized carbons (Fsp3) is 0.389. The molecule has 0 fully saturated rings. The van der Waals surface area contributed by atoms with Crippen molar-refractivity contribution in [1.82, 2.24) is 0 Å². The van der Waals surface area contributed by atoms with Gasteiger partial charge < -0.3 is 14.8 Å². The molecule has 2 aromatic rings. The second kappa shape index (κ2) is 5.89. The number of carbonyl (C=O) groups excluding carboxylic acids is 1. The van der Waals surface area contributed by atoms with Crippen LogP contribution in [-0.4, -0.2) is 19.1 Å². The van der Waals surface area contributed by atoms with Crippen molar-refractivity contribution in [2.24, 2.45) is 5.92 Å². The number of fused-ring (bicyclic) bond motifs is 2. The van der Waals surface area contributed by atoms with Gasteiger partial charge in [0, 0.05) is 16.6 Å². The zero-order chi connectivity index (χ0) is 15.8. The number of hydrogen-bond donors (Lipinski definition) is 1. The van der Waals surface area contributed by atoms with Gasteiger partial charge in [-0.3, -0.25) is 4.79 Å². The highest BCUT2D eigenvalue weighted by molar-refractivity contribution is 7.14. The van der Waals surface area contributed by atoms with E-state index in [1.165, 1.54) is 16.9 Å². The van der Waals surface area contributed by atoms with Crippen LogP contribution in [0.1, 0.15) is 33.5 Å². The molecule has 2 heterocycles. The van der Waals surface area contributed by atoms with E-state index in [0.717, 1.165) is 29.2 Å². The highest BCUT2D eigenvalue weighted by atomic mass is 32.1. The van der Waals surface area contributed by atoms with E-state index in [1.54, 1.807) is 11.3 Å². The Kier molecular flexibility index (Phi) is 3.73. The van der Waals surface area contributed by atoms with Crippen molar-refractivity contribution in [3.05, 3.63) is 39.6 Å². The lowest BCUT2D eigenvalue weighted by Crippen LogP contribution is -2.16. The molecule has 120 valence electrons. The molecule has 5 heteroatoms. The number of ether oxygens (including phenoxy) is 2. The monoisotopic (exact) mass is 329 g/mol. The first-order valence-electron chi connectivity index (χ1n) is 8.01. The van der Waals surface area contributed by atoms with Crippen molar-refractivity contribution in [1.29, 1.82) is 0 Å². The lowest BCUT2D eigenvalue weighted by atomic mass is 9.90. The van der Waals surface area contributed by atoms with Gasteiger partial charge in [0.25, 0.3) is 5.91 Å². The van der Waals surface area contributed by atoms with Gasteiger partial charge in [0.05, 0.1) is 4.88 Å². The third kappa shape index (κ3) is 2.93. The zero-order valence-corrected chi connectivity index (χ0v) is 13.9. The van der Waals surface area contributed by atoms with Gasteiger partial charge in [0.15, 0.2) is 11.5 Å². The summed E-state index contributed by atoms with van der Waals surface area (Å²) in [6.07, 6.45) is 3.40. The molecule has 1 atom stereocenters. The summed E-state index contributed by atoms with van der Waals surface area (Å²) in [5, 5.41) is 2.96. The molecule has 1 aromatic heterocycles. The van der Waals surface area contributed by atoms with Crippen LogP contribution in [0, 0.1) is 5.92 Å². The summed E-state index contributed by atoms with van der Waals surface area (Å²) in [5.41, 5.74) is 2.08. The van der Waals surface area contributed by atoms with Gasteiger partial charge >= 0.3 is 0 Å². The summed E-state index contributed by atoms with van der Waals surface area (Å²) < 4.78 is 11.1. The summed E-state index contributed by atoms with van der Waals surface area (Å²) >= 11 is 1.63. The summed E-state index contributed by atoms with van der Waals surface area (Å²) in [7, 11) is 0. The fourth-order valence-corrected chi connectivity index (χ4v) is 4.24. The molecule has 0 saturated heterocycles. The lowest BCUT2D eigenvalue weighted by Gasteiger charge is -2.18. The van der Waals surface area contributed by atoms with Crippen molar-refractivity contribution in [2.75, 3.05) is 18.5 Å². The smallest absolute Gasteiger partial charge is 0.265 e. The van der Waals surface area contributed by atoms with E-state index in [9.17, 15) is 4.79 Å². The number of hydrogen-bond acceptors (Lipinski definition) is 4. The van der Waals surface area contributed by atoms with Crippen LogP contribution in [-0.2, 0) is 12.8 Å². The van der Waals surface area contributed by atoms with E-state index >= 15 is 0 Å². The molecule has 0 bridgehead atoms. The second-order valence-electron chi connectivity index (χ2n) is 6.22. The van der Waals surface area contributed by atoms with E-state index in [4.69, 9.17) is 9.47 Å². The van der Waals surface area contributed by atoms with Gasteiger partial charge in [-0.25, -0.2) is 0 Å². The third-order valence-corrected chi connectivity index (χ3v) is 5.59. The van der Waals surface area contributed by atoms with Crippen LogP contribution < -0.4 is 14.8 Å². The maximum absolute atomic E-state index is 12.5. The number of rotatable bonds is 2. The molecule has 4 nitrogen and oxygen atoms in total. The summed E-state index contributed by atoms with van der Waals surface area (Å²) in [6.45, 7) is 3.38. The third-order valence-electron chi connectivity index (χ3n) is 4.35.